The van der Waals surface area contributed by atoms with Crippen LogP contribution in [0.25, 0.3) is 0 Å². The number of aliphatic hydroxyl groups excluding tert-OH is 1. The minimum Gasteiger partial charge on any atom is -0.393 e. The molecule has 2 aliphatic carbocycles. The van der Waals surface area contributed by atoms with Gasteiger partial charge in [-0.1, -0.05) is 11.6 Å². The van der Waals surface area contributed by atoms with Crippen LogP contribution in [0.4, 0.5) is 0 Å². The Hall–Kier alpha value is -0.580. The molecule has 0 radical (unpaired) electrons. The van der Waals surface area contributed by atoms with Crippen LogP contribution in [0, 0.1) is 11.8 Å². The van der Waals surface area contributed by atoms with Gasteiger partial charge in [0.25, 0.3) is 0 Å². The second-order valence-corrected chi connectivity index (χ2v) is 6.61. The van der Waals surface area contributed by atoms with Crippen LogP contribution in [0.1, 0.15) is 25.7 Å². The Bertz CT molecular complexity index is 422. The zero-order valence-corrected chi connectivity index (χ0v) is 12.1. The van der Waals surface area contributed by atoms with Gasteiger partial charge in [-0.3, -0.25) is 4.68 Å². The Morgan fingerprint density at radius 2 is 2.05 bits per heavy atom. The molecule has 0 aliphatic heterocycles. The van der Waals surface area contributed by atoms with Crippen LogP contribution in [-0.4, -0.2) is 45.5 Å². The van der Waals surface area contributed by atoms with Crippen molar-refractivity contribution in [3.05, 3.63) is 17.4 Å². The van der Waals surface area contributed by atoms with Gasteiger partial charge in [-0.2, -0.15) is 5.10 Å². The van der Waals surface area contributed by atoms with Gasteiger partial charge in [-0.25, -0.2) is 0 Å². The summed E-state index contributed by atoms with van der Waals surface area (Å²) >= 11 is 5.86. The van der Waals surface area contributed by atoms with E-state index >= 15 is 0 Å². The maximum absolute atomic E-state index is 9.68. The molecule has 2 unspecified atom stereocenters. The SMILES string of the molecule is CN(CCn1cc(Cl)cn1)C1C[C@H]2CC(O)C[C@H]2C1. The maximum atomic E-state index is 9.68. The van der Waals surface area contributed by atoms with E-state index in [4.69, 9.17) is 11.6 Å². The summed E-state index contributed by atoms with van der Waals surface area (Å²) in [4.78, 5) is 2.44. The lowest BCUT2D eigenvalue weighted by Crippen LogP contribution is -2.33. The van der Waals surface area contributed by atoms with Crippen molar-refractivity contribution in [1.82, 2.24) is 14.7 Å². The number of likely N-dealkylation sites (N-methyl/N-ethyl adjacent to an activating group) is 1. The van der Waals surface area contributed by atoms with Crippen molar-refractivity contribution in [3.63, 3.8) is 0 Å². The van der Waals surface area contributed by atoms with Gasteiger partial charge >= 0.3 is 0 Å². The molecule has 4 nitrogen and oxygen atoms in total. The Morgan fingerprint density at radius 1 is 1.37 bits per heavy atom. The number of rotatable bonds is 4. The van der Waals surface area contributed by atoms with Gasteiger partial charge in [0.2, 0.25) is 0 Å². The predicted molar refractivity (Wildman–Crippen MR) is 75.1 cm³/mol. The molecule has 106 valence electrons. The number of hydrogen-bond acceptors (Lipinski definition) is 3. The van der Waals surface area contributed by atoms with Crippen molar-refractivity contribution in [2.75, 3.05) is 13.6 Å². The number of fused-ring (bicyclic) bond motifs is 1. The first-order chi connectivity index (χ1) is 9.11. The van der Waals surface area contributed by atoms with E-state index in [1.807, 2.05) is 10.9 Å². The van der Waals surface area contributed by atoms with Crippen molar-refractivity contribution in [1.29, 1.82) is 0 Å². The Balaban J connectivity index is 1.48. The van der Waals surface area contributed by atoms with Gasteiger partial charge in [-0.15, -0.1) is 0 Å². The first-order valence-corrected chi connectivity index (χ1v) is 7.56. The molecular formula is C14H22ClN3O. The van der Waals surface area contributed by atoms with E-state index in [0.29, 0.717) is 11.1 Å². The quantitative estimate of drug-likeness (QED) is 0.919. The predicted octanol–water partition coefficient (Wildman–Crippen LogP) is 2.02. The fourth-order valence-electron chi connectivity index (χ4n) is 3.82. The molecule has 2 fully saturated rings. The van der Waals surface area contributed by atoms with Crippen LogP contribution in [0.2, 0.25) is 5.02 Å². The summed E-state index contributed by atoms with van der Waals surface area (Å²) in [5, 5.41) is 14.6. The average molecular weight is 284 g/mol. The van der Waals surface area contributed by atoms with E-state index in [1.54, 1.807) is 6.20 Å². The highest BCUT2D eigenvalue weighted by Gasteiger charge is 2.42. The lowest BCUT2D eigenvalue weighted by Gasteiger charge is -2.25. The second kappa shape index (κ2) is 5.43. The summed E-state index contributed by atoms with van der Waals surface area (Å²) in [6, 6.07) is 0.675. The number of aromatic nitrogens is 2. The molecule has 0 bridgehead atoms. The summed E-state index contributed by atoms with van der Waals surface area (Å²) in [6.45, 7) is 1.89. The molecule has 3 rings (SSSR count). The standard InChI is InChI=1S/C14H22ClN3O/c1-17(2-3-18-9-12(15)8-16-18)13-4-10-6-14(19)7-11(10)5-13/h8-11,13-14,19H,2-7H2,1H3/t10-,11+,13?,14?. The minimum absolute atomic E-state index is 0.0347. The van der Waals surface area contributed by atoms with Gasteiger partial charge in [0, 0.05) is 18.8 Å². The van der Waals surface area contributed by atoms with Gasteiger partial charge in [0.1, 0.15) is 0 Å². The topological polar surface area (TPSA) is 41.3 Å². The lowest BCUT2D eigenvalue weighted by atomic mass is 10.0. The van der Waals surface area contributed by atoms with Gasteiger partial charge in [0.15, 0.2) is 0 Å². The molecule has 4 atom stereocenters. The van der Waals surface area contributed by atoms with E-state index in [-0.39, 0.29) is 6.10 Å². The molecule has 0 spiro atoms. The van der Waals surface area contributed by atoms with Crippen molar-refractivity contribution in [2.45, 2.75) is 44.4 Å². The van der Waals surface area contributed by atoms with Crippen molar-refractivity contribution < 1.29 is 5.11 Å². The van der Waals surface area contributed by atoms with Crippen molar-refractivity contribution in [2.24, 2.45) is 11.8 Å². The van der Waals surface area contributed by atoms with Gasteiger partial charge in [0.05, 0.1) is 23.9 Å². The van der Waals surface area contributed by atoms with E-state index in [1.165, 1.54) is 12.8 Å². The van der Waals surface area contributed by atoms with E-state index < -0.39 is 0 Å². The lowest BCUT2D eigenvalue weighted by molar-refractivity contribution is 0.158. The van der Waals surface area contributed by atoms with Crippen LogP contribution >= 0.6 is 11.6 Å². The van der Waals surface area contributed by atoms with Crippen LogP contribution in [0.15, 0.2) is 12.4 Å². The number of aliphatic hydroxyl groups is 1. The minimum atomic E-state index is -0.0347. The molecular weight excluding hydrogens is 262 g/mol. The highest BCUT2D eigenvalue weighted by atomic mass is 35.5. The molecule has 1 heterocycles. The fraction of sp³-hybridized carbons (Fsp3) is 0.786. The molecule has 0 saturated heterocycles. The molecule has 1 aromatic heterocycles. The van der Waals surface area contributed by atoms with E-state index in [2.05, 4.69) is 17.0 Å². The largest absolute Gasteiger partial charge is 0.393 e. The third-order valence-corrected chi connectivity index (χ3v) is 5.07. The van der Waals surface area contributed by atoms with E-state index in [9.17, 15) is 5.11 Å². The first kappa shape index (κ1) is 13.4. The Morgan fingerprint density at radius 3 is 2.63 bits per heavy atom. The fourth-order valence-corrected chi connectivity index (χ4v) is 3.97. The highest BCUT2D eigenvalue weighted by Crippen LogP contribution is 2.45. The molecule has 0 amide bonds. The molecule has 0 aromatic carbocycles. The second-order valence-electron chi connectivity index (χ2n) is 6.17. The van der Waals surface area contributed by atoms with Crippen LogP contribution in [0.3, 0.4) is 0 Å². The van der Waals surface area contributed by atoms with Crippen LogP contribution in [0.5, 0.6) is 0 Å². The molecule has 1 aromatic rings. The molecule has 2 saturated carbocycles. The molecule has 2 aliphatic rings. The van der Waals surface area contributed by atoms with Crippen LogP contribution in [-0.2, 0) is 6.54 Å². The van der Waals surface area contributed by atoms with Gasteiger partial charge in [-0.05, 0) is 44.6 Å². The Labute approximate surface area is 119 Å². The smallest absolute Gasteiger partial charge is 0.0785 e. The molecule has 5 heteroatoms. The maximum Gasteiger partial charge on any atom is 0.0785 e. The summed E-state index contributed by atoms with van der Waals surface area (Å²) in [5.74, 6) is 1.50. The monoisotopic (exact) mass is 283 g/mol. The third kappa shape index (κ3) is 2.96. The van der Waals surface area contributed by atoms with E-state index in [0.717, 1.165) is 37.8 Å². The number of halogens is 1. The zero-order chi connectivity index (χ0) is 13.4. The zero-order valence-electron chi connectivity index (χ0n) is 11.4. The summed E-state index contributed by atoms with van der Waals surface area (Å²) in [6.07, 6.45) is 8.05. The molecule has 19 heavy (non-hydrogen) atoms. The van der Waals surface area contributed by atoms with Crippen molar-refractivity contribution >= 4 is 11.6 Å². The first-order valence-electron chi connectivity index (χ1n) is 7.18. The summed E-state index contributed by atoms with van der Waals surface area (Å²) in [7, 11) is 2.20. The summed E-state index contributed by atoms with van der Waals surface area (Å²) < 4.78 is 1.90. The molecule has 1 N–H and O–H groups in total. The van der Waals surface area contributed by atoms with Crippen LogP contribution < -0.4 is 0 Å². The number of nitrogens with zero attached hydrogens (tertiary/aromatic N) is 3. The van der Waals surface area contributed by atoms with Gasteiger partial charge < -0.3 is 10.0 Å². The summed E-state index contributed by atoms with van der Waals surface area (Å²) in [5.41, 5.74) is 0. The average Bonchev–Trinajstić information content (AvgIpc) is 3.00. The number of hydrogen-bond donors (Lipinski definition) is 1. The van der Waals surface area contributed by atoms with Crippen molar-refractivity contribution in [3.8, 4) is 0 Å². The third-order valence-electron chi connectivity index (χ3n) is 4.87. The highest BCUT2D eigenvalue weighted by molar-refractivity contribution is 6.30. The normalized spacial score (nSPS) is 34.1. The Kier molecular flexibility index (Phi) is 3.83.